The van der Waals surface area contributed by atoms with Crippen LogP contribution in [0.5, 0.6) is 0 Å². The Kier molecular flexibility index (Phi) is 4.02. The van der Waals surface area contributed by atoms with Gasteiger partial charge >= 0.3 is 0 Å². The van der Waals surface area contributed by atoms with Crippen LogP contribution in [0, 0.1) is 0 Å². The third-order valence-corrected chi connectivity index (χ3v) is 3.95. The van der Waals surface area contributed by atoms with Crippen molar-refractivity contribution in [1.29, 1.82) is 0 Å². The molecule has 1 aromatic rings. The van der Waals surface area contributed by atoms with Crippen LogP contribution in [0.25, 0.3) is 0 Å². The van der Waals surface area contributed by atoms with Crippen LogP contribution in [0.1, 0.15) is 19.8 Å². The summed E-state index contributed by atoms with van der Waals surface area (Å²) in [5, 5.41) is 4.57. The fourth-order valence-corrected chi connectivity index (χ4v) is 2.79. The minimum atomic E-state index is 0.839. The molecule has 1 aliphatic carbocycles. The summed E-state index contributed by atoms with van der Waals surface area (Å²) in [6.45, 7) is 5.87. The quantitative estimate of drug-likeness (QED) is 0.859. The number of nitrogens with zero attached hydrogens (tertiary/aromatic N) is 2. The fraction of sp³-hybridized carbons (Fsp3) is 0.438. The number of para-hydroxylation sites is 1. The molecular weight excluding hydrogens is 250 g/mol. The van der Waals surface area contributed by atoms with Crippen LogP contribution in [0.2, 0.25) is 0 Å². The van der Waals surface area contributed by atoms with Crippen molar-refractivity contribution in [1.82, 2.24) is 4.90 Å². The summed E-state index contributed by atoms with van der Waals surface area (Å²) in [7, 11) is 0. The Morgan fingerprint density at radius 3 is 2.60 bits per heavy atom. The molecule has 4 nitrogen and oxygen atoms in total. The molecule has 0 saturated carbocycles. The van der Waals surface area contributed by atoms with Gasteiger partial charge in [-0.2, -0.15) is 5.10 Å². The van der Waals surface area contributed by atoms with Gasteiger partial charge in [0.25, 0.3) is 0 Å². The molecule has 0 amide bonds. The van der Waals surface area contributed by atoms with Crippen molar-refractivity contribution < 1.29 is 4.74 Å². The molecule has 2 aliphatic rings. The topological polar surface area (TPSA) is 36.9 Å². The van der Waals surface area contributed by atoms with E-state index in [1.165, 1.54) is 17.0 Å². The number of allylic oxidation sites excluding steroid dienone is 2. The zero-order valence-electron chi connectivity index (χ0n) is 11.9. The first-order chi connectivity index (χ1) is 9.84. The summed E-state index contributed by atoms with van der Waals surface area (Å²) >= 11 is 0. The molecule has 0 unspecified atom stereocenters. The zero-order chi connectivity index (χ0) is 13.8. The van der Waals surface area contributed by atoms with Crippen LogP contribution in [0.3, 0.4) is 0 Å². The molecule has 106 valence electrons. The molecule has 0 bridgehead atoms. The number of hydrogen-bond acceptors (Lipinski definition) is 4. The number of benzene rings is 1. The van der Waals surface area contributed by atoms with Gasteiger partial charge in [-0.3, -0.25) is 5.43 Å². The lowest BCUT2D eigenvalue weighted by molar-refractivity contribution is 0.0523. The molecular formula is C16H21N3O. The lowest BCUT2D eigenvalue weighted by Gasteiger charge is -2.30. The smallest absolute Gasteiger partial charge is 0.0657 e. The Morgan fingerprint density at radius 2 is 1.85 bits per heavy atom. The Labute approximate surface area is 120 Å². The highest BCUT2D eigenvalue weighted by atomic mass is 16.5. The van der Waals surface area contributed by atoms with Crippen LogP contribution in [0.15, 0.2) is 46.7 Å². The molecule has 0 aromatic heterocycles. The highest BCUT2D eigenvalue weighted by Gasteiger charge is 2.23. The van der Waals surface area contributed by atoms with E-state index in [4.69, 9.17) is 4.74 Å². The number of nitrogens with one attached hydrogen (secondary N) is 1. The largest absolute Gasteiger partial charge is 0.378 e. The standard InChI is InChI=1S/C16H21N3O/c1-13-15(18-17-14-5-3-2-4-6-14)7-8-16(13)19-9-11-20-12-10-19/h2-6,17H,7-12H2,1H3/b18-15-. The summed E-state index contributed by atoms with van der Waals surface area (Å²) in [5.74, 6) is 0. The Hall–Kier alpha value is -1.81. The van der Waals surface area contributed by atoms with E-state index in [0.29, 0.717) is 0 Å². The number of hydrazone groups is 1. The zero-order valence-corrected chi connectivity index (χ0v) is 11.9. The number of morpholine rings is 1. The summed E-state index contributed by atoms with van der Waals surface area (Å²) < 4.78 is 5.42. The van der Waals surface area contributed by atoms with E-state index in [1.807, 2.05) is 30.3 Å². The lowest BCUT2D eigenvalue weighted by atomic mass is 10.2. The average Bonchev–Trinajstić information content (AvgIpc) is 2.88. The first-order valence-corrected chi connectivity index (χ1v) is 7.25. The van der Waals surface area contributed by atoms with Gasteiger partial charge in [-0.05, 0) is 37.5 Å². The molecule has 1 fully saturated rings. The average molecular weight is 271 g/mol. The van der Waals surface area contributed by atoms with Crippen LogP contribution < -0.4 is 5.43 Å². The van der Waals surface area contributed by atoms with Gasteiger partial charge in [0, 0.05) is 18.8 Å². The second-order valence-electron chi connectivity index (χ2n) is 5.21. The SMILES string of the molecule is CC1=C(N2CCOCC2)CC/C1=N/Nc1ccccc1. The Morgan fingerprint density at radius 1 is 1.10 bits per heavy atom. The van der Waals surface area contributed by atoms with Gasteiger partial charge in [0.1, 0.15) is 0 Å². The predicted octanol–water partition coefficient (Wildman–Crippen LogP) is 2.85. The maximum Gasteiger partial charge on any atom is 0.0657 e. The highest BCUT2D eigenvalue weighted by molar-refractivity contribution is 6.02. The molecule has 1 aromatic carbocycles. The van der Waals surface area contributed by atoms with Crippen molar-refractivity contribution in [3.8, 4) is 0 Å². The third kappa shape index (κ3) is 2.85. The van der Waals surface area contributed by atoms with Gasteiger partial charge in [-0.1, -0.05) is 18.2 Å². The van der Waals surface area contributed by atoms with Gasteiger partial charge in [0.05, 0.1) is 24.6 Å². The van der Waals surface area contributed by atoms with E-state index in [1.54, 1.807) is 0 Å². The molecule has 0 radical (unpaired) electrons. The number of rotatable bonds is 3. The lowest BCUT2D eigenvalue weighted by Crippen LogP contribution is -2.35. The molecule has 1 aliphatic heterocycles. The van der Waals surface area contributed by atoms with Crippen LogP contribution in [-0.4, -0.2) is 36.9 Å². The van der Waals surface area contributed by atoms with E-state index < -0.39 is 0 Å². The normalized spacial score (nSPS) is 21.6. The minimum absolute atomic E-state index is 0.839. The number of hydrogen-bond donors (Lipinski definition) is 1. The second-order valence-corrected chi connectivity index (χ2v) is 5.21. The first-order valence-electron chi connectivity index (χ1n) is 7.25. The van der Waals surface area contributed by atoms with Crippen molar-refractivity contribution in [3.05, 3.63) is 41.6 Å². The summed E-state index contributed by atoms with van der Waals surface area (Å²) in [6, 6.07) is 10.1. The minimum Gasteiger partial charge on any atom is -0.378 e. The van der Waals surface area contributed by atoms with E-state index in [2.05, 4.69) is 22.4 Å². The van der Waals surface area contributed by atoms with E-state index >= 15 is 0 Å². The van der Waals surface area contributed by atoms with Gasteiger partial charge < -0.3 is 9.64 Å². The van der Waals surface area contributed by atoms with Crippen molar-refractivity contribution in [2.45, 2.75) is 19.8 Å². The molecule has 1 N–H and O–H groups in total. The third-order valence-electron chi connectivity index (χ3n) is 3.95. The van der Waals surface area contributed by atoms with Crippen molar-refractivity contribution in [2.24, 2.45) is 5.10 Å². The first kappa shape index (κ1) is 13.2. The van der Waals surface area contributed by atoms with Crippen molar-refractivity contribution >= 4 is 11.4 Å². The van der Waals surface area contributed by atoms with E-state index in [-0.39, 0.29) is 0 Å². The van der Waals surface area contributed by atoms with Crippen LogP contribution in [-0.2, 0) is 4.74 Å². The van der Waals surface area contributed by atoms with Gasteiger partial charge in [-0.15, -0.1) is 0 Å². The van der Waals surface area contributed by atoms with Crippen molar-refractivity contribution in [3.63, 3.8) is 0 Å². The molecule has 0 spiro atoms. The van der Waals surface area contributed by atoms with E-state index in [0.717, 1.165) is 44.8 Å². The Balaban J connectivity index is 1.70. The second kappa shape index (κ2) is 6.09. The summed E-state index contributed by atoms with van der Waals surface area (Å²) in [5.41, 5.74) is 8.14. The fourth-order valence-electron chi connectivity index (χ4n) is 2.79. The van der Waals surface area contributed by atoms with Gasteiger partial charge in [0.15, 0.2) is 0 Å². The Bertz CT molecular complexity index is 516. The molecule has 1 saturated heterocycles. The molecule has 0 atom stereocenters. The van der Waals surface area contributed by atoms with Gasteiger partial charge in [0.2, 0.25) is 0 Å². The predicted molar refractivity (Wildman–Crippen MR) is 81.8 cm³/mol. The summed E-state index contributed by atoms with van der Waals surface area (Å²) in [6.07, 6.45) is 2.12. The maximum atomic E-state index is 5.42. The molecule has 20 heavy (non-hydrogen) atoms. The molecule has 1 heterocycles. The summed E-state index contributed by atoms with van der Waals surface area (Å²) in [4.78, 5) is 2.45. The van der Waals surface area contributed by atoms with Crippen LogP contribution >= 0.6 is 0 Å². The van der Waals surface area contributed by atoms with Crippen molar-refractivity contribution in [2.75, 3.05) is 31.7 Å². The molecule has 4 heteroatoms. The van der Waals surface area contributed by atoms with Crippen LogP contribution in [0.4, 0.5) is 5.69 Å². The molecule has 3 rings (SSSR count). The monoisotopic (exact) mass is 271 g/mol. The number of ether oxygens (including phenoxy) is 1. The van der Waals surface area contributed by atoms with Gasteiger partial charge in [-0.25, -0.2) is 0 Å². The highest BCUT2D eigenvalue weighted by Crippen LogP contribution is 2.27. The number of anilines is 1. The van der Waals surface area contributed by atoms with E-state index in [9.17, 15) is 0 Å². The maximum absolute atomic E-state index is 5.42.